The van der Waals surface area contributed by atoms with E-state index in [9.17, 15) is 12.8 Å². The summed E-state index contributed by atoms with van der Waals surface area (Å²) in [6, 6.07) is 9.07. The average Bonchev–Trinajstić information content (AvgIpc) is 2.32. The normalized spacial score (nSPS) is 11.3. The predicted molar refractivity (Wildman–Crippen MR) is 73.7 cm³/mol. The first kappa shape index (κ1) is 14.1. The van der Waals surface area contributed by atoms with Gasteiger partial charge < -0.3 is 0 Å². The fourth-order valence-electron chi connectivity index (χ4n) is 1.41. The molecule has 0 fully saturated rings. The Hall–Kier alpha value is -1.30. The van der Waals surface area contributed by atoms with Crippen LogP contribution in [0.1, 0.15) is 0 Å². The number of hydrogen-bond acceptors (Lipinski definition) is 2. The third kappa shape index (κ3) is 3.37. The fourth-order valence-corrected chi connectivity index (χ4v) is 2.85. The molecule has 0 aromatic heterocycles. The smallest absolute Gasteiger partial charge is 0.261 e. The van der Waals surface area contributed by atoms with Gasteiger partial charge in [0.15, 0.2) is 0 Å². The van der Waals surface area contributed by atoms with Crippen molar-refractivity contribution < 1.29 is 12.8 Å². The van der Waals surface area contributed by atoms with Crippen LogP contribution in [-0.4, -0.2) is 8.42 Å². The van der Waals surface area contributed by atoms with Gasteiger partial charge in [0.05, 0.1) is 20.6 Å². The van der Waals surface area contributed by atoms with Crippen molar-refractivity contribution in [2.45, 2.75) is 4.90 Å². The summed E-state index contributed by atoms with van der Waals surface area (Å²) in [6.45, 7) is 0. The van der Waals surface area contributed by atoms with Crippen LogP contribution in [0.4, 0.5) is 10.1 Å². The number of benzene rings is 2. The van der Waals surface area contributed by atoms with Crippen LogP contribution < -0.4 is 4.72 Å². The summed E-state index contributed by atoms with van der Waals surface area (Å²) in [5.41, 5.74) is 0.131. The molecule has 7 heteroatoms. The minimum absolute atomic E-state index is 0.0499. The molecule has 0 aliphatic rings. The third-order valence-corrected chi connectivity index (χ3v) is 4.40. The molecule has 0 aliphatic heterocycles. The van der Waals surface area contributed by atoms with Crippen LogP contribution in [0.25, 0.3) is 0 Å². The Labute approximate surface area is 120 Å². The van der Waals surface area contributed by atoms with Crippen LogP contribution in [-0.2, 0) is 10.0 Å². The van der Waals surface area contributed by atoms with Crippen LogP contribution in [0.2, 0.25) is 10.0 Å². The van der Waals surface area contributed by atoms with Crippen LogP contribution in [0.15, 0.2) is 47.4 Å². The average molecular weight is 320 g/mol. The Kier molecular flexibility index (Phi) is 3.99. The van der Waals surface area contributed by atoms with E-state index in [0.717, 1.165) is 6.07 Å². The maximum absolute atomic E-state index is 13.0. The summed E-state index contributed by atoms with van der Waals surface area (Å²) < 4.78 is 39.3. The monoisotopic (exact) mass is 319 g/mol. The first-order valence-corrected chi connectivity index (χ1v) is 7.36. The standard InChI is InChI=1S/C12H8Cl2FNO2S/c13-11-5-4-10(7-12(11)14)19(17,18)16-9-3-1-2-8(15)6-9/h1-7,16H. The summed E-state index contributed by atoms with van der Waals surface area (Å²) in [4.78, 5) is -0.0499. The minimum Gasteiger partial charge on any atom is -0.280 e. The second-order valence-corrected chi connectivity index (χ2v) is 6.19. The number of rotatable bonds is 3. The zero-order valence-corrected chi connectivity index (χ0v) is 11.7. The van der Waals surface area contributed by atoms with Crippen molar-refractivity contribution in [3.63, 3.8) is 0 Å². The number of nitrogens with one attached hydrogen (secondary N) is 1. The third-order valence-electron chi connectivity index (χ3n) is 2.28. The number of anilines is 1. The lowest BCUT2D eigenvalue weighted by Crippen LogP contribution is -2.13. The van der Waals surface area contributed by atoms with Crippen LogP contribution in [0, 0.1) is 5.82 Å². The molecule has 0 aliphatic carbocycles. The molecule has 100 valence electrons. The van der Waals surface area contributed by atoms with Gasteiger partial charge in [0.25, 0.3) is 10.0 Å². The quantitative estimate of drug-likeness (QED) is 0.931. The Morgan fingerprint density at radius 3 is 2.37 bits per heavy atom. The molecule has 0 atom stereocenters. The molecule has 2 rings (SSSR count). The lowest BCUT2D eigenvalue weighted by atomic mass is 10.3. The van der Waals surface area contributed by atoms with Gasteiger partial charge in [0.2, 0.25) is 0 Å². The molecule has 1 N–H and O–H groups in total. The second-order valence-electron chi connectivity index (χ2n) is 3.69. The topological polar surface area (TPSA) is 46.2 Å². The lowest BCUT2D eigenvalue weighted by Gasteiger charge is -2.08. The molecule has 0 unspecified atom stereocenters. The number of hydrogen-bond donors (Lipinski definition) is 1. The van der Waals surface area contributed by atoms with E-state index in [-0.39, 0.29) is 20.6 Å². The summed E-state index contributed by atoms with van der Waals surface area (Å²) >= 11 is 11.5. The summed E-state index contributed by atoms with van der Waals surface area (Å²) in [5.74, 6) is -0.533. The van der Waals surface area contributed by atoms with Crippen molar-refractivity contribution >= 4 is 38.9 Å². The van der Waals surface area contributed by atoms with Gasteiger partial charge in [-0.05, 0) is 36.4 Å². The van der Waals surface area contributed by atoms with Gasteiger partial charge in [-0.3, -0.25) is 4.72 Å². The molecule has 0 saturated heterocycles. The Balaban J connectivity index is 2.35. The molecular weight excluding hydrogens is 312 g/mol. The van der Waals surface area contributed by atoms with Gasteiger partial charge in [-0.1, -0.05) is 29.3 Å². The van der Waals surface area contributed by atoms with E-state index in [1.165, 1.54) is 36.4 Å². The van der Waals surface area contributed by atoms with Crippen LogP contribution in [0.3, 0.4) is 0 Å². The Morgan fingerprint density at radius 1 is 1.00 bits per heavy atom. The van der Waals surface area contributed by atoms with E-state index < -0.39 is 15.8 Å². The predicted octanol–water partition coefficient (Wildman–Crippen LogP) is 3.93. The SMILES string of the molecule is O=S(=O)(Nc1cccc(F)c1)c1ccc(Cl)c(Cl)c1. The molecule has 0 saturated carbocycles. The van der Waals surface area contributed by atoms with Gasteiger partial charge in [0, 0.05) is 0 Å². The van der Waals surface area contributed by atoms with Crippen molar-refractivity contribution in [1.82, 2.24) is 0 Å². The highest BCUT2D eigenvalue weighted by atomic mass is 35.5. The first-order chi connectivity index (χ1) is 8.88. The van der Waals surface area contributed by atoms with Crippen molar-refractivity contribution in [1.29, 1.82) is 0 Å². The van der Waals surface area contributed by atoms with E-state index in [4.69, 9.17) is 23.2 Å². The van der Waals surface area contributed by atoms with Gasteiger partial charge in [-0.15, -0.1) is 0 Å². The summed E-state index contributed by atoms with van der Waals surface area (Å²) in [7, 11) is -3.83. The minimum atomic E-state index is -3.83. The van der Waals surface area contributed by atoms with Gasteiger partial charge in [-0.2, -0.15) is 0 Å². The van der Waals surface area contributed by atoms with Gasteiger partial charge >= 0.3 is 0 Å². The molecular formula is C12H8Cl2FNO2S. The van der Waals surface area contributed by atoms with Gasteiger partial charge in [0.1, 0.15) is 5.82 Å². The molecule has 2 aromatic carbocycles. The molecule has 0 bridgehead atoms. The maximum atomic E-state index is 13.0. The Morgan fingerprint density at radius 2 is 1.74 bits per heavy atom. The second kappa shape index (κ2) is 5.36. The Bertz CT molecular complexity index is 719. The first-order valence-electron chi connectivity index (χ1n) is 5.12. The maximum Gasteiger partial charge on any atom is 0.261 e. The summed E-state index contributed by atoms with van der Waals surface area (Å²) in [6.07, 6.45) is 0. The highest BCUT2D eigenvalue weighted by Gasteiger charge is 2.15. The number of sulfonamides is 1. The van der Waals surface area contributed by atoms with E-state index in [1.54, 1.807) is 0 Å². The van der Waals surface area contributed by atoms with Crippen molar-refractivity contribution in [2.24, 2.45) is 0 Å². The van der Waals surface area contributed by atoms with Gasteiger partial charge in [-0.25, -0.2) is 12.8 Å². The zero-order valence-electron chi connectivity index (χ0n) is 9.40. The van der Waals surface area contributed by atoms with Crippen molar-refractivity contribution in [2.75, 3.05) is 4.72 Å². The van der Waals surface area contributed by atoms with E-state index in [0.29, 0.717) is 0 Å². The fraction of sp³-hybridized carbons (Fsp3) is 0. The molecule has 19 heavy (non-hydrogen) atoms. The molecule has 0 heterocycles. The molecule has 3 nitrogen and oxygen atoms in total. The zero-order chi connectivity index (χ0) is 14.0. The van der Waals surface area contributed by atoms with Crippen LogP contribution >= 0.6 is 23.2 Å². The van der Waals surface area contributed by atoms with Crippen molar-refractivity contribution in [3.8, 4) is 0 Å². The molecule has 0 amide bonds. The highest BCUT2D eigenvalue weighted by Crippen LogP contribution is 2.26. The molecule has 2 aromatic rings. The van der Waals surface area contributed by atoms with E-state index >= 15 is 0 Å². The van der Waals surface area contributed by atoms with Crippen LogP contribution in [0.5, 0.6) is 0 Å². The van der Waals surface area contributed by atoms with E-state index in [2.05, 4.69) is 4.72 Å². The molecule has 0 spiro atoms. The lowest BCUT2D eigenvalue weighted by molar-refractivity contribution is 0.601. The summed E-state index contributed by atoms with van der Waals surface area (Å²) in [5, 5.41) is 0.384. The van der Waals surface area contributed by atoms with Crippen molar-refractivity contribution in [3.05, 3.63) is 58.3 Å². The molecule has 0 radical (unpaired) electrons. The largest absolute Gasteiger partial charge is 0.280 e. The highest BCUT2D eigenvalue weighted by molar-refractivity contribution is 7.92. The van der Waals surface area contributed by atoms with E-state index in [1.807, 2.05) is 0 Å². The number of halogens is 3.